The molecule has 0 radical (unpaired) electrons. The first-order valence-electron chi connectivity index (χ1n) is 3.91. The fourth-order valence-corrected chi connectivity index (χ4v) is 1.00. The number of nitrogens with zero attached hydrogens (tertiary/aromatic N) is 1. The average Bonchev–Trinajstić information content (AvgIpc) is 2.03. The van der Waals surface area contributed by atoms with Crippen LogP contribution in [-0.2, 0) is 0 Å². The van der Waals surface area contributed by atoms with Gasteiger partial charge in [0, 0.05) is 5.56 Å². The van der Waals surface area contributed by atoms with Gasteiger partial charge in [-0.25, -0.2) is 0 Å². The van der Waals surface area contributed by atoms with Crippen LogP contribution in [0.15, 0.2) is 24.3 Å². The summed E-state index contributed by atoms with van der Waals surface area (Å²) in [5, 5.41) is 0. The molecule has 0 atom stereocenters. The molecule has 3 heteroatoms. The lowest BCUT2D eigenvalue weighted by molar-refractivity contribution is 0.112. The van der Waals surface area contributed by atoms with Gasteiger partial charge < -0.3 is 0 Å². The van der Waals surface area contributed by atoms with Gasteiger partial charge in [-0.15, -0.1) is 24.0 Å². The molecule has 13 heavy (non-hydrogen) atoms. The van der Waals surface area contributed by atoms with Crippen molar-refractivity contribution in [3.63, 3.8) is 0 Å². The van der Waals surface area contributed by atoms with Crippen LogP contribution in [0.25, 0.3) is 0 Å². The van der Waals surface area contributed by atoms with Crippen LogP contribution in [0.1, 0.15) is 10.4 Å². The van der Waals surface area contributed by atoms with Gasteiger partial charge in [-0.1, -0.05) is 0 Å². The summed E-state index contributed by atoms with van der Waals surface area (Å²) < 4.78 is 0.777. The number of hydrogen-bond donors (Lipinski definition) is 0. The highest BCUT2D eigenvalue weighted by atomic mass is 127. The molecule has 1 aromatic rings. The van der Waals surface area contributed by atoms with Crippen LogP contribution < -0.4 is 4.48 Å². The first-order chi connectivity index (χ1) is 5.54. The zero-order chi connectivity index (χ0) is 9.19. The number of benzene rings is 1. The van der Waals surface area contributed by atoms with Gasteiger partial charge in [-0.05, 0) is 24.3 Å². The lowest BCUT2D eigenvalue weighted by atomic mass is 10.2. The smallest absolute Gasteiger partial charge is 0.150 e. The molecule has 0 heterocycles. The Bertz CT molecular complexity index is 274. The maximum absolute atomic E-state index is 10.4. The second-order valence-electron chi connectivity index (χ2n) is 3.72. The van der Waals surface area contributed by atoms with Crippen molar-refractivity contribution in [3.05, 3.63) is 29.8 Å². The predicted molar refractivity (Wildman–Crippen MR) is 66.8 cm³/mol. The Morgan fingerprint density at radius 3 is 1.85 bits per heavy atom. The number of carbonyl (C=O) groups excluding carboxylic acids is 1. The molecular weight excluding hydrogens is 277 g/mol. The Labute approximate surface area is 96.2 Å². The fourth-order valence-electron chi connectivity index (χ4n) is 1.00. The summed E-state index contributed by atoms with van der Waals surface area (Å²) in [6.07, 6.45) is 0.861. The molecule has 0 spiro atoms. The largest absolute Gasteiger partial charge is 0.298 e. The minimum Gasteiger partial charge on any atom is -0.298 e. The monoisotopic (exact) mass is 292 g/mol. The number of aldehydes is 1. The molecule has 1 aromatic carbocycles. The third kappa shape index (κ3) is 3.44. The molecule has 0 aliphatic carbocycles. The van der Waals surface area contributed by atoms with E-state index in [0.29, 0.717) is 0 Å². The predicted octanol–water partition coefficient (Wildman–Crippen LogP) is 2.31. The van der Waals surface area contributed by atoms with E-state index in [0.717, 1.165) is 16.3 Å². The summed E-state index contributed by atoms with van der Waals surface area (Å²) in [4.78, 5) is 10.4. The van der Waals surface area contributed by atoms with E-state index in [-0.39, 0.29) is 24.0 Å². The quantitative estimate of drug-likeness (QED) is 0.464. The number of quaternary nitrogens is 1. The van der Waals surface area contributed by atoms with Crippen LogP contribution in [0.3, 0.4) is 0 Å². The molecule has 0 aromatic heterocycles. The lowest BCUT2D eigenvalue weighted by Gasteiger charge is -2.23. The molecular formula is C10H15INO+. The first-order valence-corrected chi connectivity index (χ1v) is 3.91. The Morgan fingerprint density at radius 1 is 1.08 bits per heavy atom. The Hall–Kier alpha value is -0.420. The van der Waals surface area contributed by atoms with Crippen LogP contribution in [0.5, 0.6) is 0 Å². The third-order valence-electron chi connectivity index (χ3n) is 1.80. The molecule has 0 fully saturated rings. The van der Waals surface area contributed by atoms with E-state index in [9.17, 15) is 4.79 Å². The van der Waals surface area contributed by atoms with Crippen molar-refractivity contribution in [1.82, 2.24) is 4.48 Å². The van der Waals surface area contributed by atoms with E-state index in [1.165, 1.54) is 5.69 Å². The van der Waals surface area contributed by atoms with Crippen LogP contribution in [0, 0.1) is 0 Å². The van der Waals surface area contributed by atoms with Crippen molar-refractivity contribution in [2.45, 2.75) is 0 Å². The molecule has 0 aliphatic heterocycles. The van der Waals surface area contributed by atoms with Gasteiger partial charge in [0.1, 0.15) is 12.0 Å². The van der Waals surface area contributed by atoms with Crippen LogP contribution in [0.4, 0.5) is 5.69 Å². The van der Waals surface area contributed by atoms with E-state index in [4.69, 9.17) is 0 Å². The molecule has 0 saturated carbocycles. The van der Waals surface area contributed by atoms with Crippen molar-refractivity contribution in [2.75, 3.05) is 21.1 Å². The van der Waals surface area contributed by atoms with E-state index in [1.54, 1.807) is 0 Å². The van der Waals surface area contributed by atoms with Gasteiger partial charge in [-0.3, -0.25) is 9.28 Å². The zero-order valence-corrected chi connectivity index (χ0v) is 10.5. The molecule has 1 rings (SSSR count). The highest BCUT2D eigenvalue weighted by Gasteiger charge is 2.10. The molecule has 72 valence electrons. The zero-order valence-electron chi connectivity index (χ0n) is 8.15. The molecule has 0 N–H and O–H groups in total. The van der Waals surface area contributed by atoms with Crippen LogP contribution >= 0.6 is 24.0 Å². The number of carbonyl (C=O) groups is 1. The van der Waals surface area contributed by atoms with Crippen LogP contribution in [0.2, 0.25) is 0 Å². The number of rotatable bonds is 2. The van der Waals surface area contributed by atoms with Crippen LogP contribution in [-0.4, -0.2) is 27.4 Å². The number of hydrogen-bond acceptors (Lipinski definition) is 1. The van der Waals surface area contributed by atoms with Gasteiger partial charge >= 0.3 is 0 Å². The van der Waals surface area contributed by atoms with Crippen molar-refractivity contribution in [3.8, 4) is 0 Å². The van der Waals surface area contributed by atoms with Crippen molar-refractivity contribution < 1.29 is 4.79 Å². The maximum atomic E-state index is 10.4. The molecule has 0 aliphatic rings. The van der Waals surface area contributed by atoms with Gasteiger partial charge in [0.05, 0.1) is 21.1 Å². The SMILES string of the molecule is C[N+](C)(C)c1ccc(C=O)cc1.I. The Morgan fingerprint density at radius 2 is 1.54 bits per heavy atom. The molecule has 0 bridgehead atoms. The summed E-state index contributed by atoms with van der Waals surface area (Å²) in [5.74, 6) is 0. The highest BCUT2D eigenvalue weighted by molar-refractivity contribution is 14.0. The lowest BCUT2D eigenvalue weighted by Crippen LogP contribution is -2.34. The van der Waals surface area contributed by atoms with E-state index < -0.39 is 0 Å². The summed E-state index contributed by atoms with van der Waals surface area (Å²) >= 11 is 0. The second kappa shape index (κ2) is 4.72. The third-order valence-corrected chi connectivity index (χ3v) is 1.80. The topological polar surface area (TPSA) is 17.1 Å². The van der Waals surface area contributed by atoms with Gasteiger partial charge in [-0.2, -0.15) is 0 Å². The summed E-state index contributed by atoms with van der Waals surface area (Å²) in [5.41, 5.74) is 1.92. The van der Waals surface area contributed by atoms with E-state index in [2.05, 4.69) is 21.1 Å². The first kappa shape index (κ1) is 12.6. The summed E-state index contributed by atoms with van der Waals surface area (Å²) in [6.45, 7) is 0. The van der Waals surface area contributed by atoms with Gasteiger partial charge in [0.15, 0.2) is 0 Å². The molecule has 0 unspecified atom stereocenters. The number of halogens is 1. The normalized spacial score (nSPS) is 10.4. The maximum Gasteiger partial charge on any atom is 0.150 e. The minimum absolute atomic E-state index is 0. The molecule has 0 amide bonds. The van der Waals surface area contributed by atoms with Crippen molar-refractivity contribution in [2.24, 2.45) is 0 Å². The standard InChI is InChI=1S/C10H14NO.HI/c1-11(2,3)10-6-4-9(8-12)5-7-10;/h4-8H,1-3H3;1H/q+1;. The van der Waals surface area contributed by atoms with Crippen molar-refractivity contribution >= 4 is 36.0 Å². The van der Waals surface area contributed by atoms with Gasteiger partial charge in [0.25, 0.3) is 0 Å². The van der Waals surface area contributed by atoms with E-state index in [1.807, 2.05) is 24.3 Å². The fraction of sp³-hybridized carbons (Fsp3) is 0.300. The second-order valence-corrected chi connectivity index (χ2v) is 3.72. The Balaban J connectivity index is 0.00000144. The van der Waals surface area contributed by atoms with Gasteiger partial charge in [0.2, 0.25) is 0 Å². The van der Waals surface area contributed by atoms with Crippen molar-refractivity contribution in [1.29, 1.82) is 0 Å². The average molecular weight is 292 g/mol. The molecule has 0 saturated heterocycles. The highest BCUT2D eigenvalue weighted by Crippen LogP contribution is 2.16. The Kier molecular flexibility index (Phi) is 4.56. The summed E-state index contributed by atoms with van der Waals surface area (Å²) in [6, 6.07) is 7.63. The minimum atomic E-state index is 0. The van der Waals surface area contributed by atoms with E-state index >= 15 is 0 Å². The molecule has 2 nitrogen and oxygen atoms in total. The summed E-state index contributed by atoms with van der Waals surface area (Å²) in [7, 11) is 6.28.